The second kappa shape index (κ2) is 8.52. The van der Waals surface area contributed by atoms with Crippen molar-refractivity contribution in [3.63, 3.8) is 0 Å². The molecule has 150 valence electrons. The van der Waals surface area contributed by atoms with Gasteiger partial charge in [-0.2, -0.15) is 0 Å². The smallest absolute Gasteiger partial charge is 0.240 e. The van der Waals surface area contributed by atoms with Crippen molar-refractivity contribution in [2.24, 2.45) is 10.8 Å². The molecule has 0 bridgehead atoms. The van der Waals surface area contributed by atoms with Crippen molar-refractivity contribution in [1.82, 2.24) is 5.32 Å². The SMILES string of the molecule is CC(C)(C)C1(C(=O)NC(=S)Nc2cccc(Cl)c2)C=CC(c2ccccc2)C=C1. The standard InChI is InChI=1S/C24H25ClN2OS/c1-23(2,3)24(14-12-18(13-15-24)17-8-5-4-6-9-17)21(28)27-22(29)26-20-11-7-10-19(25)16-20/h4-16,18H,1-3H3,(H2,26,27,28,29). The summed E-state index contributed by atoms with van der Waals surface area (Å²) in [5.74, 6) is -0.0143. The Morgan fingerprint density at radius 3 is 2.28 bits per heavy atom. The Morgan fingerprint density at radius 1 is 1.03 bits per heavy atom. The van der Waals surface area contributed by atoms with Crippen LogP contribution in [0.1, 0.15) is 32.3 Å². The number of nitrogens with one attached hydrogen (secondary N) is 2. The van der Waals surface area contributed by atoms with Crippen LogP contribution in [0.4, 0.5) is 5.69 Å². The normalized spacial score (nSPS) is 20.9. The van der Waals surface area contributed by atoms with E-state index < -0.39 is 5.41 Å². The summed E-state index contributed by atoms with van der Waals surface area (Å²) >= 11 is 11.4. The van der Waals surface area contributed by atoms with E-state index in [-0.39, 0.29) is 22.4 Å². The van der Waals surface area contributed by atoms with Gasteiger partial charge in [0.05, 0.1) is 5.41 Å². The van der Waals surface area contributed by atoms with Gasteiger partial charge in [-0.25, -0.2) is 0 Å². The third kappa shape index (κ3) is 4.77. The maximum atomic E-state index is 13.3. The van der Waals surface area contributed by atoms with Crippen molar-refractivity contribution in [2.75, 3.05) is 5.32 Å². The summed E-state index contributed by atoms with van der Waals surface area (Å²) in [6.45, 7) is 6.16. The molecule has 0 spiro atoms. The number of hydrogen-bond acceptors (Lipinski definition) is 2. The molecule has 1 aliphatic rings. The first-order valence-corrected chi connectivity index (χ1v) is 10.3. The van der Waals surface area contributed by atoms with E-state index in [2.05, 4.69) is 55.7 Å². The fourth-order valence-corrected chi connectivity index (χ4v) is 3.86. The maximum absolute atomic E-state index is 13.3. The fourth-order valence-electron chi connectivity index (χ4n) is 3.46. The number of amides is 1. The second-order valence-electron chi connectivity index (χ2n) is 8.19. The minimum Gasteiger partial charge on any atom is -0.332 e. The molecule has 0 aliphatic heterocycles. The summed E-state index contributed by atoms with van der Waals surface area (Å²) < 4.78 is 0. The van der Waals surface area contributed by atoms with Crippen LogP contribution in [0.15, 0.2) is 78.9 Å². The quantitative estimate of drug-likeness (QED) is 0.462. The molecule has 2 aromatic carbocycles. The van der Waals surface area contributed by atoms with Gasteiger partial charge in [-0.1, -0.05) is 93.1 Å². The predicted molar refractivity (Wildman–Crippen MR) is 125 cm³/mol. The number of hydrogen-bond donors (Lipinski definition) is 2. The highest BCUT2D eigenvalue weighted by atomic mass is 35.5. The zero-order valence-electron chi connectivity index (χ0n) is 16.8. The molecule has 5 heteroatoms. The lowest BCUT2D eigenvalue weighted by molar-refractivity contribution is -0.129. The van der Waals surface area contributed by atoms with Gasteiger partial charge in [0.15, 0.2) is 5.11 Å². The molecule has 3 rings (SSSR count). The molecule has 2 aromatic rings. The monoisotopic (exact) mass is 424 g/mol. The Balaban J connectivity index is 1.78. The Kier molecular flexibility index (Phi) is 6.25. The van der Waals surface area contributed by atoms with Crippen LogP contribution in [-0.4, -0.2) is 11.0 Å². The zero-order valence-corrected chi connectivity index (χ0v) is 18.3. The molecule has 0 fully saturated rings. The van der Waals surface area contributed by atoms with Crippen LogP contribution in [0.25, 0.3) is 0 Å². The topological polar surface area (TPSA) is 41.1 Å². The molecule has 29 heavy (non-hydrogen) atoms. The van der Waals surface area contributed by atoms with Gasteiger partial charge in [0.1, 0.15) is 0 Å². The number of benzene rings is 2. The van der Waals surface area contributed by atoms with E-state index in [4.69, 9.17) is 23.8 Å². The third-order valence-corrected chi connectivity index (χ3v) is 5.68. The molecule has 2 N–H and O–H groups in total. The first-order valence-electron chi connectivity index (χ1n) is 9.53. The van der Waals surface area contributed by atoms with Crippen molar-refractivity contribution in [1.29, 1.82) is 0 Å². The number of anilines is 1. The first kappa shape index (κ1) is 21.3. The van der Waals surface area contributed by atoms with E-state index in [1.54, 1.807) is 12.1 Å². The van der Waals surface area contributed by atoms with Crippen molar-refractivity contribution >= 4 is 40.5 Å². The molecular weight excluding hydrogens is 400 g/mol. The van der Waals surface area contributed by atoms with E-state index in [1.807, 2.05) is 42.5 Å². The van der Waals surface area contributed by atoms with E-state index in [0.29, 0.717) is 5.02 Å². The van der Waals surface area contributed by atoms with Crippen LogP contribution < -0.4 is 10.6 Å². The Labute approximate surface area is 182 Å². The van der Waals surface area contributed by atoms with Gasteiger partial charge in [-0.15, -0.1) is 0 Å². The Morgan fingerprint density at radius 2 is 1.69 bits per heavy atom. The van der Waals surface area contributed by atoms with Crippen LogP contribution in [0.5, 0.6) is 0 Å². The van der Waals surface area contributed by atoms with E-state index in [9.17, 15) is 4.79 Å². The number of rotatable bonds is 3. The van der Waals surface area contributed by atoms with Crippen molar-refractivity contribution in [3.05, 3.63) is 89.5 Å². The van der Waals surface area contributed by atoms with Crippen molar-refractivity contribution in [2.45, 2.75) is 26.7 Å². The minimum absolute atomic E-state index is 0.149. The molecule has 0 radical (unpaired) electrons. The van der Waals surface area contributed by atoms with Crippen LogP contribution >= 0.6 is 23.8 Å². The molecule has 0 saturated carbocycles. The van der Waals surface area contributed by atoms with Crippen LogP contribution in [0.2, 0.25) is 5.02 Å². The molecule has 1 amide bonds. The lowest BCUT2D eigenvalue weighted by Gasteiger charge is -2.41. The average Bonchev–Trinajstić information content (AvgIpc) is 2.67. The molecule has 0 heterocycles. The molecule has 1 aliphatic carbocycles. The lowest BCUT2D eigenvalue weighted by atomic mass is 9.63. The highest BCUT2D eigenvalue weighted by Crippen LogP contribution is 2.45. The summed E-state index contributed by atoms with van der Waals surface area (Å²) in [6, 6.07) is 17.4. The van der Waals surface area contributed by atoms with Crippen LogP contribution in [0, 0.1) is 10.8 Å². The summed E-state index contributed by atoms with van der Waals surface area (Å²) in [7, 11) is 0. The summed E-state index contributed by atoms with van der Waals surface area (Å²) in [6.07, 6.45) is 8.19. The lowest BCUT2D eigenvalue weighted by Crippen LogP contribution is -2.50. The van der Waals surface area contributed by atoms with Crippen molar-refractivity contribution < 1.29 is 4.79 Å². The molecule has 0 saturated heterocycles. The van der Waals surface area contributed by atoms with Crippen LogP contribution in [0.3, 0.4) is 0 Å². The van der Waals surface area contributed by atoms with Gasteiger partial charge < -0.3 is 10.6 Å². The van der Waals surface area contributed by atoms with Gasteiger partial charge in [0, 0.05) is 16.6 Å². The molecule has 0 atom stereocenters. The average molecular weight is 425 g/mol. The first-order chi connectivity index (χ1) is 13.7. The predicted octanol–water partition coefficient (Wildman–Crippen LogP) is 6.10. The fraction of sp³-hybridized carbons (Fsp3) is 0.250. The second-order valence-corrected chi connectivity index (χ2v) is 9.04. The van der Waals surface area contributed by atoms with Gasteiger partial charge >= 0.3 is 0 Å². The van der Waals surface area contributed by atoms with Gasteiger partial charge in [0.2, 0.25) is 5.91 Å². The Hall–Kier alpha value is -2.43. The van der Waals surface area contributed by atoms with Gasteiger partial charge in [-0.05, 0) is 41.4 Å². The largest absolute Gasteiger partial charge is 0.332 e. The van der Waals surface area contributed by atoms with E-state index in [0.717, 1.165) is 5.69 Å². The van der Waals surface area contributed by atoms with E-state index >= 15 is 0 Å². The zero-order chi connectivity index (χ0) is 21.1. The number of thiocarbonyl (C=S) groups is 1. The molecule has 0 unspecified atom stereocenters. The Bertz CT molecular complexity index is 946. The highest BCUT2D eigenvalue weighted by molar-refractivity contribution is 7.80. The van der Waals surface area contributed by atoms with Gasteiger partial charge in [-0.3, -0.25) is 4.79 Å². The maximum Gasteiger partial charge on any atom is 0.240 e. The summed E-state index contributed by atoms with van der Waals surface area (Å²) in [5.41, 5.74) is 0.781. The van der Waals surface area contributed by atoms with E-state index in [1.165, 1.54) is 5.56 Å². The third-order valence-electron chi connectivity index (χ3n) is 5.24. The van der Waals surface area contributed by atoms with Gasteiger partial charge in [0.25, 0.3) is 0 Å². The summed E-state index contributed by atoms with van der Waals surface area (Å²) in [5, 5.41) is 6.72. The molecular formula is C24H25ClN2OS. The number of allylic oxidation sites excluding steroid dienone is 2. The highest BCUT2D eigenvalue weighted by Gasteiger charge is 2.46. The van der Waals surface area contributed by atoms with Crippen molar-refractivity contribution in [3.8, 4) is 0 Å². The number of carbonyl (C=O) groups is 1. The number of carbonyl (C=O) groups excluding carboxylic acids is 1. The number of halogens is 1. The molecule has 3 nitrogen and oxygen atoms in total. The minimum atomic E-state index is -0.807. The summed E-state index contributed by atoms with van der Waals surface area (Å²) in [4.78, 5) is 13.3. The van der Waals surface area contributed by atoms with Crippen LogP contribution in [-0.2, 0) is 4.79 Å². The molecule has 0 aromatic heterocycles.